The molecule has 4 atom stereocenters. The van der Waals surface area contributed by atoms with E-state index < -0.39 is 5.54 Å². The van der Waals surface area contributed by atoms with Gasteiger partial charge < -0.3 is 10.6 Å². The Morgan fingerprint density at radius 1 is 1.17 bits per heavy atom. The largest absolute Gasteiger partial charge is 0.354 e. The third-order valence-corrected chi connectivity index (χ3v) is 8.76. The van der Waals surface area contributed by atoms with Crippen molar-refractivity contribution in [2.75, 3.05) is 18.4 Å². The van der Waals surface area contributed by atoms with Crippen LogP contribution < -0.4 is 10.6 Å². The Kier molecular flexibility index (Phi) is 4.27. The minimum atomic E-state index is -0.801. The molecule has 2 N–H and O–H groups in total. The lowest BCUT2D eigenvalue weighted by Crippen LogP contribution is -2.62. The number of fused-ring (bicyclic) bond motifs is 2. The number of anilines is 1. The number of likely N-dealkylation sites (tertiary alicyclic amines) is 1. The predicted octanol–water partition coefficient (Wildman–Crippen LogP) is 3.91. The molecule has 2 aromatic rings. The first-order chi connectivity index (χ1) is 14.5. The zero-order chi connectivity index (χ0) is 20.6. The summed E-state index contributed by atoms with van der Waals surface area (Å²) in [6.45, 7) is 1.44. The fourth-order valence-corrected chi connectivity index (χ4v) is 7.23. The first-order valence-electron chi connectivity index (χ1n) is 10.4. The molecule has 8 heteroatoms. The standard InChI is InChI=1S/C22H21Cl2N3O2S/c23-13-4-3-12-8-22(21(29)26-14(12)7-13)19(16-5-6-17(24)30-16)18-15(9-25-20(18)28)27(22)10-11-1-2-11/h3-7,11,15,18-19H,1-2,8-10H2,(H,25,28)(H,26,29)/t15-,18+,19-,22+/m0/s1. The van der Waals surface area contributed by atoms with E-state index in [0.29, 0.717) is 28.2 Å². The Morgan fingerprint density at radius 3 is 2.73 bits per heavy atom. The van der Waals surface area contributed by atoms with E-state index in [9.17, 15) is 9.59 Å². The molecule has 4 heterocycles. The topological polar surface area (TPSA) is 61.4 Å². The molecule has 3 fully saturated rings. The van der Waals surface area contributed by atoms with Crippen LogP contribution in [0.3, 0.4) is 0 Å². The number of hydrogen-bond acceptors (Lipinski definition) is 4. The molecule has 1 aliphatic carbocycles. The van der Waals surface area contributed by atoms with Crippen LogP contribution in [0, 0.1) is 11.8 Å². The smallest absolute Gasteiger partial charge is 0.245 e. The van der Waals surface area contributed by atoms with E-state index in [1.807, 2.05) is 30.3 Å². The molecule has 4 aliphatic rings. The van der Waals surface area contributed by atoms with Crippen LogP contribution in [0.4, 0.5) is 5.69 Å². The van der Waals surface area contributed by atoms with Gasteiger partial charge in [-0.3, -0.25) is 14.5 Å². The van der Waals surface area contributed by atoms with Crippen molar-refractivity contribution in [3.05, 3.63) is 50.1 Å². The third kappa shape index (κ3) is 2.70. The normalized spacial score (nSPS) is 32.8. The number of amides is 2. The Hall–Kier alpha value is -1.60. The van der Waals surface area contributed by atoms with Gasteiger partial charge >= 0.3 is 0 Å². The van der Waals surface area contributed by atoms with Crippen molar-refractivity contribution in [2.45, 2.75) is 36.8 Å². The van der Waals surface area contributed by atoms with E-state index in [2.05, 4.69) is 15.5 Å². The minimum Gasteiger partial charge on any atom is -0.354 e. The van der Waals surface area contributed by atoms with Gasteiger partial charge in [0, 0.05) is 47.1 Å². The molecule has 0 unspecified atom stereocenters. The van der Waals surface area contributed by atoms with Crippen molar-refractivity contribution < 1.29 is 9.59 Å². The lowest BCUT2D eigenvalue weighted by Gasteiger charge is -2.45. The summed E-state index contributed by atoms with van der Waals surface area (Å²) < 4.78 is 0.680. The van der Waals surface area contributed by atoms with Crippen molar-refractivity contribution >= 4 is 52.0 Å². The number of carbonyl (C=O) groups is 2. The number of nitrogens with one attached hydrogen (secondary N) is 2. The lowest BCUT2D eigenvalue weighted by molar-refractivity contribution is -0.129. The molecule has 3 aliphatic heterocycles. The molecule has 6 rings (SSSR count). The Labute approximate surface area is 188 Å². The number of carbonyl (C=O) groups excluding carboxylic acids is 2. The lowest BCUT2D eigenvalue weighted by atomic mass is 9.72. The van der Waals surface area contributed by atoms with Crippen LogP contribution in [-0.4, -0.2) is 41.4 Å². The highest BCUT2D eigenvalue weighted by Crippen LogP contribution is 2.57. The van der Waals surface area contributed by atoms with Crippen LogP contribution in [0.5, 0.6) is 0 Å². The molecule has 1 spiro atoms. The third-order valence-electron chi connectivity index (χ3n) is 7.21. The van der Waals surface area contributed by atoms with E-state index in [1.165, 1.54) is 24.2 Å². The zero-order valence-electron chi connectivity index (χ0n) is 16.2. The molecule has 30 heavy (non-hydrogen) atoms. The molecule has 0 bridgehead atoms. The van der Waals surface area contributed by atoms with Gasteiger partial charge in [0.05, 0.1) is 10.3 Å². The monoisotopic (exact) mass is 461 g/mol. The maximum Gasteiger partial charge on any atom is 0.245 e. The van der Waals surface area contributed by atoms with Crippen LogP contribution in [0.2, 0.25) is 9.36 Å². The van der Waals surface area contributed by atoms with Gasteiger partial charge in [-0.25, -0.2) is 0 Å². The van der Waals surface area contributed by atoms with E-state index in [4.69, 9.17) is 23.2 Å². The summed E-state index contributed by atoms with van der Waals surface area (Å²) in [5, 5.41) is 6.80. The van der Waals surface area contributed by atoms with Crippen molar-refractivity contribution in [1.29, 1.82) is 0 Å². The summed E-state index contributed by atoms with van der Waals surface area (Å²) in [7, 11) is 0. The molecule has 156 valence electrons. The van der Waals surface area contributed by atoms with Crippen LogP contribution in [0.15, 0.2) is 30.3 Å². The van der Waals surface area contributed by atoms with E-state index in [1.54, 1.807) is 0 Å². The average Bonchev–Trinajstić information content (AvgIpc) is 3.22. The van der Waals surface area contributed by atoms with Crippen molar-refractivity contribution in [3.63, 3.8) is 0 Å². The maximum absolute atomic E-state index is 13.9. The fraction of sp³-hybridized carbons (Fsp3) is 0.455. The summed E-state index contributed by atoms with van der Waals surface area (Å²) >= 11 is 14.0. The molecular weight excluding hydrogens is 441 g/mol. The Bertz CT molecular complexity index is 1070. The first kappa shape index (κ1) is 19.1. The summed E-state index contributed by atoms with van der Waals surface area (Å²) in [5.74, 6) is 0.128. The van der Waals surface area contributed by atoms with Gasteiger partial charge in [0.1, 0.15) is 5.54 Å². The molecule has 1 aromatic carbocycles. The molecule has 0 radical (unpaired) electrons. The van der Waals surface area contributed by atoms with Crippen LogP contribution in [0.25, 0.3) is 0 Å². The molecule has 1 saturated carbocycles. The van der Waals surface area contributed by atoms with Crippen molar-refractivity contribution in [3.8, 4) is 0 Å². The maximum atomic E-state index is 13.9. The summed E-state index contributed by atoms with van der Waals surface area (Å²) in [5.41, 5.74) is 1.03. The predicted molar refractivity (Wildman–Crippen MR) is 118 cm³/mol. The van der Waals surface area contributed by atoms with E-state index >= 15 is 0 Å². The Balaban J connectivity index is 1.54. The number of benzene rings is 1. The quantitative estimate of drug-likeness (QED) is 0.727. The Morgan fingerprint density at radius 2 is 2.00 bits per heavy atom. The second-order valence-electron chi connectivity index (χ2n) is 8.91. The van der Waals surface area contributed by atoms with Gasteiger partial charge in [0.15, 0.2) is 0 Å². The van der Waals surface area contributed by atoms with Crippen LogP contribution in [0.1, 0.15) is 29.2 Å². The van der Waals surface area contributed by atoms with Gasteiger partial charge in [-0.15, -0.1) is 11.3 Å². The van der Waals surface area contributed by atoms with E-state index in [-0.39, 0.29) is 29.7 Å². The molecule has 5 nitrogen and oxygen atoms in total. The van der Waals surface area contributed by atoms with Crippen molar-refractivity contribution in [2.24, 2.45) is 11.8 Å². The van der Waals surface area contributed by atoms with Crippen LogP contribution >= 0.6 is 34.5 Å². The van der Waals surface area contributed by atoms with Gasteiger partial charge in [0.2, 0.25) is 11.8 Å². The van der Waals surface area contributed by atoms with E-state index in [0.717, 1.165) is 22.7 Å². The second-order valence-corrected chi connectivity index (χ2v) is 11.1. The number of halogens is 2. The molecule has 1 aromatic heterocycles. The highest BCUT2D eigenvalue weighted by Gasteiger charge is 2.68. The zero-order valence-corrected chi connectivity index (χ0v) is 18.5. The minimum absolute atomic E-state index is 0.0172. The number of nitrogens with zero attached hydrogens (tertiary/aromatic N) is 1. The van der Waals surface area contributed by atoms with Gasteiger partial charge in [-0.1, -0.05) is 29.3 Å². The first-order valence-corrected chi connectivity index (χ1v) is 11.9. The number of rotatable bonds is 3. The highest BCUT2D eigenvalue weighted by molar-refractivity contribution is 7.16. The highest BCUT2D eigenvalue weighted by atomic mass is 35.5. The summed E-state index contributed by atoms with van der Waals surface area (Å²) in [6, 6.07) is 9.56. The van der Waals surface area contributed by atoms with Gasteiger partial charge in [0.25, 0.3) is 0 Å². The average molecular weight is 462 g/mol. The second kappa shape index (κ2) is 6.70. The molecular formula is C22H21Cl2N3O2S. The van der Waals surface area contributed by atoms with Crippen molar-refractivity contribution in [1.82, 2.24) is 10.2 Å². The molecule has 2 saturated heterocycles. The summed E-state index contributed by atoms with van der Waals surface area (Å²) in [4.78, 5) is 30.2. The fourth-order valence-electron chi connectivity index (χ4n) is 5.76. The molecule has 2 amide bonds. The number of thiophene rings is 1. The van der Waals surface area contributed by atoms with Gasteiger partial charge in [-0.05, 0) is 48.6 Å². The number of hydrogen-bond donors (Lipinski definition) is 2. The van der Waals surface area contributed by atoms with Crippen LogP contribution in [-0.2, 0) is 16.0 Å². The SMILES string of the molecule is O=C1NC[C@H]2[C@@H]1[C@H](c1ccc(Cl)s1)[C@@]1(Cc3ccc(Cl)cc3NC1=O)N2CC1CC1. The van der Waals surface area contributed by atoms with Gasteiger partial charge in [-0.2, -0.15) is 0 Å². The summed E-state index contributed by atoms with van der Waals surface area (Å²) in [6.07, 6.45) is 2.95.